The predicted molar refractivity (Wildman–Crippen MR) is 108 cm³/mol. The molecule has 2 aliphatic rings. The van der Waals surface area contributed by atoms with Gasteiger partial charge in [0.1, 0.15) is 13.2 Å². The Balaban J connectivity index is 1.86. The first-order valence-electron chi connectivity index (χ1n) is 9.77. The molecule has 156 valence electrons. The van der Waals surface area contributed by atoms with Gasteiger partial charge < -0.3 is 28.8 Å². The minimum atomic E-state index is -0.0737. The first-order valence-corrected chi connectivity index (χ1v) is 9.77. The maximum atomic E-state index is 9.65. The highest BCUT2D eigenvalue weighted by Crippen LogP contribution is 2.46. The summed E-state index contributed by atoms with van der Waals surface area (Å²) < 4.78 is 28.2. The van der Waals surface area contributed by atoms with Crippen LogP contribution in [0.4, 0.5) is 0 Å². The molecule has 1 unspecified atom stereocenters. The van der Waals surface area contributed by atoms with Gasteiger partial charge in [-0.25, -0.2) is 0 Å². The molecule has 1 atom stereocenters. The van der Waals surface area contributed by atoms with Crippen LogP contribution in [0.2, 0.25) is 0 Å². The second-order valence-corrected chi connectivity index (χ2v) is 7.07. The van der Waals surface area contributed by atoms with E-state index in [4.69, 9.17) is 23.7 Å². The van der Waals surface area contributed by atoms with Crippen LogP contribution < -0.4 is 23.7 Å². The van der Waals surface area contributed by atoms with Crippen LogP contribution in [0.1, 0.15) is 22.7 Å². The fraction of sp³-hybridized carbons (Fsp3) is 0.455. The fourth-order valence-electron chi connectivity index (χ4n) is 4.23. The van der Waals surface area contributed by atoms with E-state index >= 15 is 0 Å². The number of hydrogen-bond acceptors (Lipinski definition) is 7. The van der Waals surface area contributed by atoms with Gasteiger partial charge in [-0.2, -0.15) is 0 Å². The number of β-amino-alcohol motifs (C(OH)–C–C–N with tert-alkyl or cyclic N) is 1. The van der Waals surface area contributed by atoms with Crippen molar-refractivity contribution in [3.8, 4) is 28.7 Å². The first-order chi connectivity index (χ1) is 14.2. The van der Waals surface area contributed by atoms with Crippen molar-refractivity contribution in [2.75, 3.05) is 54.2 Å². The highest BCUT2D eigenvalue weighted by atomic mass is 16.6. The van der Waals surface area contributed by atoms with Crippen LogP contribution in [-0.2, 0) is 6.42 Å². The lowest BCUT2D eigenvalue weighted by Gasteiger charge is -2.38. The Hall–Kier alpha value is -2.64. The topological polar surface area (TPSA) is 69.6 Å². The third kappa shape index (κ3) is 3.56. The maximum absolute atomic E-state index is 9.65. The third-order valence-electron chi connectivity index (χ3n) is 5.52. The van der Waals surface area contributed by atoms with E-state index in [1.165, 1.54) is 5.56 Å². The van der Waals surface area contributed by atoms with E-state index in [0.29, 0.717) is 37.0 Å². The largest absolute Gasteiger partial charge is 0.493 e. The van der Waals surface area contributed by atoms with Crippen LogP contribution in [0.15, 0.2) is 24.3 Å². The summed E-state index contributed by atoms with van der Waals surface area (Å²) in [6.07, 6.45) is 0.882. The minimum Gasteiger partial charge on any atom is -0.493 e. The number of hydrogen-bond donors (Lipinski definition) is 1. The fourth-order valence-corrected chi connectivity index (χ4v) is 4.23. The number of ether oxygens (including phenoxy) is 5. The summed E-state index contributed by atoms with van der Waals surface area (Å²) in [6.45, 7) is 2.59. The molecule has 7 nitrogen and oxygen atoms in total. The SMILES string of the molecule is COc1cc(C2c3cc4c(cc3CCN2CCO)OCCO4)cc(OC)c1OC. The standard InChI is InChI=1S/C22H27NO6/c1-25-19-11-15(12-20(26-2)22(19)27-3)21-16-13-18-17(28-8-9-29-18)10-14(16)4-5-23(21)6-7-24/h10-13,21,24H,4-9H2,1-3H3. The molecule has 2 aromatic carbocycles. The van der Waals surface area contributed by atoms with Crippen molar-refractivity contribution in [3.05, 3.63) is 41.0 Å². The van der Waals surface area contributed by atoms with Crippen molar-refractivity contribution in [1.82, 2.24) is 4.90 Å². The average Bonchev–Trinajstić information content (AvgIpc) is 2.76. The lowest BCUT2D eigenvalue weighted by atomic mass is 9.87. The number of aliphatic hydroxyl groups is 1. The highest BCUT2D eigenvalue weighted by molar-refractivity contribution is 5.58. The molecule has 0 saturated heterocycles. The van der Waals surface area contributed by atoms with Gasteiger partial charge in [-0.05, 0) is 47.4 Å². The van der Waals surface area contributed by atoms with Gasteiger partial charge in [0.05, 0.1) is 34.0 Å². The third-order valence-corrected chi connectivity index (χ3v) is 5.52. The number of aliphatic hydroxyl groups excluding tert-OH is 1. The van der Waals surface area contributed by atoms with E-state index in [2.05, 4.69) is 17.0 Å². The van der Waals surface area contributed by atoms with Crippen molar-refractivity contribution in [3.63, 3.8) is 0 Å². The van der Waals surface area contributed by atoms with Crippen molar-refractivity contribution < 1.29 is 28.8 Å². The molecule has 0 fully saturated rings. The molecule has 0 bridgehead atoms. The summed E-state index contributed by atoms with van der Waals surface area (Å²) in [5.41, 5.74) is 3.37. The highest BCUT2D eigenvalue weighted by Gasteiger charge is 2.32. The van der Waals surface area contributed by atoms with Gasteiger partial charge in [0.25, 0.3) is 0 Å². The molecule has 2 aromatic rings. The van der Waals surface area contributed by atoms with E-state index in [0.717, 1.165) is 35.6 Å². The number of nitrogens with zero attached hydrogens (tertiary/aromatic N) is 1. The molecular formula is C22H27NO6. The molecule has 0 aliphatic carbocycles. The van der Waals surface area contributed by atoms with Gasteiger partial charge in [0.2, 0.25) is 5.75 Å². The quantitative estimate of drug-likeness (QED) is 0.797. The predicted octanol–water partition coefficient (Wildman–Crippen LogP) is 2.42. The smallest absolute Gasteiger partial charge is 0.203 e. The second kappa shape index (κ2) is 8.39. The van der Waals surface area contributed by atoms with Crippen LogP contribution in [-0.4, -0.2) is 64.2 Å². The summed E-state index contributed by atoms with van der Waals surface area (Å²) >= 11 is 0. The Bertz CT molecular complexity index is 859. The molecule has 4 rings (SSSR count). The van der Waals surface area contributed by atoms with E-state index < -0.39 is 0 Å². The van der Waals surface area contributed by atoms with Crippen molar-refractivity contribution in [2.45, 2.75) is 12.5 Å². The Labute approximate surface area is 170 Å². The van der Waals surface area contributed by atoms with Gasteiger partial charge in [-0.3, -0.25) is 4.90 Å². The molecule has 0 saturated carbocycles. The summed E-state index contributed by atoms with van der Waals surface area (Å²) in [5.74, 6) is 3.34. The van der Waals surface area contributed by atoms with E-state index in [1.54, 1.807) is 21.3 Å². The van der Waals surface area contributed by atoms with Gasteiger partial charge >= 0.3 is 0 Å². The van der Waals surface area contributed by atoms with Crippen molar-refractivity contribution in [1.29, 1.82) is 0 Å². The normalized spacial score (nSPS) is 18.1. The van der Waals surface area contributed by atoms with Crippen LogP contribution in [0.3, 0.4) is 0 Å². The summed E-state index contributed by atoms with van der Waals surface area (Å²) in [6, 6.07) is 8.03. The second-order valence-electron chi connectivity index (χ2n) is 7.07. The van der Waals surface area contributed by atoms with Crippen LogP contribution in [0.5, 0.6) is 28.7 Å². The Kier molecular flexibility index (Phi) is 5.69. The lowest BCUT2D eigenvalue weighted by Crippen LogP contribution is -2.38. The molecule has 1 N–H and O–H groups in total. The zero-order chi connectivity index (χ0) is 20.4. The number of rotatable bonds is 6. The maximum Gasteiger partial charge on any atom is 0.203 e. The van der Waals surface area contributed by atoms with Gasteiger partial charge in [0.15, 0.2) is 23.0 Å². The van der Waals surface area contributed by atoms with E-state index in [-0.39, 0.29) is 12.6 Å². The molecule has 2 aliphatic heterocycles. The van der Waals surface area contributed by atoms with Crippen molar-refractivity contribution >= 4 is 0 Å². The van der Waals surface area contributed by atoms with E-state index in [1.807, 2.05) is 12.1 Å². The number of fused-ring (bicyclic) bond motifs is 2. The molecule has 7 heteroatoms. The molecule has 2 heterocycles. The van der Waals surface area contributed by atoms with Crippen molar-refractivity contribution in [2.24, 2.45) is 0 Å². The molecule has 0 spiro atoms. The Morgan fingerprint density at radius 1 is 0.966 bits per heavy atom. The Morgan fingerprint density at radius 3 is 2.21 bits per heavy atom. The molecule has 0 amide bonds. The molecule has 0 aromatic heterocycles. The summed E-state index contributed by atoms with van der Waals surface area (Å²) in [7, 11) is 4.82. The first kappa shape index (κ1) is 19.7. The Morgan fingerprint density at radius 2 is 1.62 bits per heavy atom. The van der Waals surface area contributed by atoms with E-state index in [9.17, 15) is 5.11 Å². The van der Waals surface area contributed by atoms with Crippen LogP contribution in [0, 0.1) is 0 Å². The zero-order valence-corrected chi connectivity index (χ0v) is 17.1. The van der Waals surface area contributed by atoms with Gasteiger partial charge in [-0.1, -0.05) is 0 Å². The van der Waals surface area contributed by atoms with Crippen LogP contribution >= 0.6 is 0 Å². The van der Waals surface area contributed by atoms with Gasteiger partial charge in [0, 0.05) is 13.1 Å². The summed E-state index contributed by atoms with van der Waals surface area (Å²) in [5, 5.41) is 9.65. The average molecular weight is 401 g/mol. The monoisotopic (exact) mass is 401 g/mol. The molecule has 0 radical (unpaired) electrons. The van der Waals surface area contributed by atoms with Crippen LogP contribution in [0.25, 0.3) is 0 Å². The zero-order valence-electron chi connectivity index (χ0n) is 17.1. The number of benzene rings is 2. The summed E-state index contributed by atoms with van der Waals surface area (Å²) in [4.78, 5) is 2.26. The molecule has 29 heavy (non-hydrogen) atoms. The lowest BCUT2D eigenvalue weighted by molar-refractivity contribution is 0.155. The number of methoxy groups -OCH3 is 3. The van der Waals surface area contributed by atoms with Gasteiger partial charge in [-0.15, -0.1) is 0 Å². The molecular weight excluding hydrogens is 374 g/mol. The minimum absolute atomic E-state index is 0.0737.